The Hall–Kier alpha value is -2.43. The van der Waals surface area contributed by atoms with Gasteiger partial charge in [0.1, 0.15) is 11.3 Å². The third-order valence-corrected chi connectivity index (χ3v) is 2.66. The van der Waals surface area contributed by atoms with Crippen LogP contribution < -0.4 is 0 Å². The lowest BCUT2D eigenvalue weighted by Crippen LogP contribution is -1.95. The number of H-pyrrole nitrogens is 1. The minimum atomic E-state index is 0.447. The van der Waals surface area contributed by atoms with Crippen molar-refractivity contribution < 1.29 is 4.79 Å². The predicted molar refractivity (Wildman–Crippen MR) is 62.8 cm³/mol. The van der Waals surface area contributed by atoms with E-state index in [-0.39, 0.29) is 0 Å². The number of nitrogens with one attached hydrogen (secondary N) is 1. The number of carbonyl (C=O) groups excluding carboxylic acids is 1. The molecule has 1 N–H and O–H groups in total. The van der Waals surface area contributed by atoms with Gasteiger partial charge in [0.15, 0.2) is 6.29 Å². The molecule has 0 fully saturated rings. The van der Waals surface area contributed by atoms with Crippen molar-refractivity contribution in [2.75, 3.05) is 0 Å². The fraction of sp³-hybridized carbons (Fsp3) is 0.0833. The van der Waals surface area contributed by atoms with Crippen LogP contribution in [0.25, 0.3) is 11.0 Å². The van der Waals surface area contributed by atoms with Crippen LogP contribution >= 0.6 is 0 Å². The summed E-state index contributed by atoms with van der Waals surface area (Å²) < 4.78 is 1.87. The van der Waals surface area contributed by atoms with E-state index >= 15 is 0 Å². The van der Waals surface area contributed by atoms with E-state index in [4.69, 9.17) is 0 Å². The van der Waals surface area contributed by atoms with Crippen LogP contribution in [0.5, 0.6) is 0 Å². The Labute approximate surface area is 97.1 Å². The van der Waals surface area contributed by atoms with Gasteiger partial charge in [-0.15, -0.1) is 0 Å². The molecular weight excluding hydrogens is 216 g/mol. The van der Waals surface area contributed by atoms with Crippen molar-refractivity contribution in [3.05, 3.63) is 48.3 Å². The topological polar surface area (TPSA) is 63.6 Å². The summed E-state index contributed by atoms with van der Waals surface area (Å²) in [4.78, 5) is 21.9. The van der Waals surface area contributed by atoms with Gasteiger partial charge in [0.2, 0.25) is 0 Å². The van der Waals surface area contributed by atoms with E-state index in [0.717, 1.165) is 22.9 Å². The van der Waals surface area contributed by atoms with Crippen LogP contribution in [0.3, 0.4) is 0 Å². The molecule has 0 aliphatic carbocycles. The first-order chi connectivity index (χ1) is 8.36. The van der Waals surface area contributed by atoms with Gasteiger partial charge in [0, 0.05) is 24.0 Å². The zero-order valence-electron chi connectivity index (χ0n) is 9.00. The van der Waals surface area contributed by atoms with Crippen molar-refractivity contribution in [3.8, 4) is 0 Å². The molecule has 84 valence electrons. The average Bonchev–Trinajstić information content (AvgIpc) is 2.97. The third-order valence-electron chi connectivity index (χ3n) is 2.66. The lowest BCUT2D eigenvalue weighted by molar-refractivity contribution is 0.111. The largest absolute Gasteiger partial charge is 0.346 e. The van der Waals surface area contributed by atoms with Crippen LogP contribution in [-0.2, 0) is 6.54 Å². The normalized spacial score (nSPS) is 10.8. The molecule has 3 rings (SSSR count). The van der Waals surface area contributed by atoms with E-state index in [1.165, 1.54) is 0 Å². The van der Waals surface area contributed by atoms with Gasteiger partial charge >= 0.3 is 0 Å². The van der Waals surface area contributed by atoms with E-state index in [1.54, 1.807) is 18.7 Å². The molecule has 0 bridgehead atoms. The number of aromatic amines is 1. The first-order valence-electron chi connectivity index (χ1n) is 5.25. The molecule has 0 atom stereocenters. The molecule has 5 heteroatoms. The van der Waals surface area contributed by atoms with Crippen molar-refractivity contribution in [1.82, 2.24) is 19.5 Å². The summed E-state index contributed by atoms with van der Waals surface area (Å²) in [5.41, 5.74) is 2.45. The zero-order valence-corrected chi connectivity index (χ0v) is 9.00. The highest BCUT2D eigenvalue weighted by Crippen LogP contribution is 2.16. The van der Waals surface area contributed by atoms with Gasteiger partial charge in [-0.1, -0.05) is 0 Å². The van der Waals surface area contributed by atoms with Crippen LogP contribution in [0.4, 0.5) is 0 Å². The lowest BCUT2D eigenvalue weighted by Gasteiger charge is -1.99. The smallest absolute Gasteiger partial charge is 0.169 e. The number of carbonyl (C=O) groups is 1. The predicted octanol–water partition coefficient (Wildman–Crippen LogP) is 1.62. The van der Waals surface area contributed by atoms with Gasteiger partial charge in [-0.05, 0) is 17.7 Å². The maximum absolute atomic E-state index is 10.5. The Morgan fingerprint density at radius 3 is 3.18 bits per heavy atom. The van der Waals surface area contributed by atoms with E-state index in [0.29, 0.717) is 12.2 Å². The van der Waals surface area contributed by atoms with Gasteiger partial charge in [0.25, 0.3) is 0 Å². The SMILES string of the molecule is O=Cc1cn(Cc2c[nH]c3ncccc23)cn1. The minimum absolute atomic E-state index is 0.447. The number of rotatable bonds is 3. The summed E-state index contributed by atoms with van der Waals surface area (Å²) in [7, 11) is 0. The molecule has 5 nitrogen and oxygen atoms in total. The Morgan fingerprint density at radius 2 is 2.35 bits per heavy atom. The van der Waals surface area contributed by atoms with Crippen molar-refractivity contribution in [2.45, 2.75) is 6.54 Å². The highest BCUT2D eigenvalue weighted by molar-refractivity contribution is 5.79. The number of imidazole rings is 1. The number of aromatic nitrogens is 4. The van der Waals surface area contributed by atoms with Gasteiger partial charge in [-0.2, -0.15) is 0 Å². The molecule has 0 saturated carbocycles. The summed E-state index contributed by atoms with van der Waals surface area (Å²) in [5.74, 6) is 0. The summed E-state index contributed by atoms with van der Waals surface area (Å²) in [6.45, 7) is 0.673. The van der Waals surface area contributed by atoms with Crippen LogP contribution in [0, 0.1) is 0 Å². The van der Waals surface area contributed by atoms with Crippen molar-refractivity contribution in [3.63, 3.8) is 0 Å². The fourth-order valence-electron chi connectivity index (χ4n) is 1.86. The number of hydrogen-bond donors (Lipinski definition) is 1. The number of fused-ring (bicyclic) bond motifs is 1. The molecule has 0 spiro atoms. The second-order valence-corrected chi connectivity index (χ2v) is 3.80. The Balaban J connectivity index is 1.96. The molecule has 0 aliphatic rings. The molecule has 0 aliphatic heterocycles. The molecule has 0 unspecified atom stereocenters. The summed E-state index contributed by atoms with van der Waals surface area (Å²) in [5, 5.41) is 1.09. The second-order valence-electron chi connectivity index (χ2n) is 3.80. The third kappa shape index (κ3) is 1.71. The van der Waals surface area contributed by atoms with Gasteiger partial charge in [-0.3, -0.25) is 4.79 Å². The molecule has 17 heavy (non-hydrogen) atoms. The minimum Gasteiger partial charge on any atom is -0.346 e. The Bertz CT molecular complexity index is 668. The maximum Gasteiger partial charge on any atom is 0.169 e. The van der Waals surface area contributed by atoms with E-state index in [2.05, 4.69) is 15.0 Å². The van der Waals surface area contributed by atoms with Crippen molar-refractivity contribution >= 4 is 17.3 Å². The Morgan fingerprint density at radius 1 is 1.41 bits per heavy atom. The first kappa shape index (κ1) is 9.77. The van der Waals surface area contributed by atoms with E-state index in [1.807, 2.05) is 22.9 Å². The quantitative estimate of drug-likeness (QED) is 0.690. The van der Waals surface area contributed by atoms with Crippen LogP contribution in [-0.4, -0.2) is 25.8 Å². The van der Waals surface area contributed by atoms with E-state index < -0.39 is 0 Å². The summed E-state index contributed by atoms with van der Waals surface area (Å²) in [6.07, 6.45) is 7.80. The highest BCUT2D eigenvalue weighted by Gasteiger charge is 2.05. The summed E-state index contributed by atoms with van der Waals surface area (Å²) in [6, 6.07) is 3.93. The Kier molecular flexibility index (Phi) is 2.22. The highest BCUT2D eigenvalue weighted by atomic mass is 16.1. The van der Waals surface area contributed by atoms with Crippen LogP contribution in [0.1, 0.15) is 16.1 Å². The molecule has 0 amide bonds. The first-order valence-corrected chi connectivity index (χ1v) is 5.25. The monoisotopic (exact) mass is 226 g/mol. The average molecular weight is 226 g/mol. The van der Waals surface area contributed by atoms with Gasteiger partial charge in [0.05, 0.1) is 12.9 Å². The molecule has 0 aromatic carbocycles. The number of nitrogens with zero attached hydrogens (tertiary/aromatic N) is 3. The molecule has 3 heterocycles. The molecular formula is C12H10N4O. The fourth-order valence-corrected chi connectivity index (χ4v) is 1.86. The molecule has 3 aromatic heterocycles. The maximum atomic E-state index is 10.5. The van der Waals surface area contributed by atoms with Crippen LogP contribution in [0.2, 0.25) is 0 Å². The van der Waals surface area contributed by atoms with E-state index in [9.17, 15) is 4.79 Å². The zero-order chi connectivity index (χ0) is 11.7. The van der Waals surface area contributed by atoms with Gasteiger partial charge in [-0.25, -0.2) is 9.97 Å². The number of pyridine rings is 1. The van der Waals surface area contributed by atoms with Crippen molar-refractivity contribution in [2.24, 2.45) is 0 Å². The van der Waals surface area contributed by atoms with Gasteiger partial charge < -0.3 is 9.55 Å². The molecule has 0 radical (unpaired) electrons. The molecule has 0 saturated heterocycles. The second kappa shape index (κ2) is 3.86. The lowest BCUT2D eigenvalue weighted by atomic mass is 10.2. The standard InChI is InChI=1S/C12H10N4O/c17-7-10-6-16(8-15-10)5-9-4-14-12-11(9)2-1-3-13-12/h1-4,6-8H,5H2,(H,13,14). The number of hydrogen-bond acceptors (Lipinski definition) is 3. The summed E-state index contributed by atoms with van der Waals surface area (Å²) >= 11 is 0. The number of aldehydes is 1. The van der Waals surface area contributed by atoms with Crippen LogP contribution in [0.15, 0.2) is 37.1 Å². The van der Waals surface area contributed by atoms with Crippen molar-refractivity contribution in [1.29, 1.82) is 0 Å². The molecule has 3 aromatic rings.